The van der Waals surface area contributed by atoms with Gasteiger partial charge in [-0.1, -0.05) is 12.1 Å². The maximum Gasteiger partial charge on any atom is 0.271 e. The van der Waals surface area contributed by atoms with E-state index in [-0.39, 0.29) is 12.3 Å². The fourth-order valence-corrected chi connectivity index (χ4v) is 3.76. The monoisotopic (exact) mass is 511 g/mol. The van der Waals surface area contributed by atoms with Crippen molar-refractivity contribution >= 4 is 40.0 Å². The number of benzene rings is 3. The number of amides is 1. The summed E-state index contributed by atoms with van der Waals surface area (Å²) in [7, 11) is 0. The van der Waals surface area contributed by atoms with Crippen LogP contribution in [0.15, 0.2) is 54.6 Å². The average molecular weight is 512 g/mol. The predicted octanol–water partition coefficient (Wildman–Crippen LogP) is 5.57. The molecule has 10 nitrogen and oxygen atoms in total. The van der Waals surface area contributed by atoms with Crippen molar-refractivity contribution in [3.05, 3.63) is 87.2 Å². The van der Waals surface area contributed by atoms with E-state index >= 15 is 0 Å². The second-order valence-corrected chi connectivity index (χ2v) is 8.49. The second-order valence-electron chi connectivity index (χ2n) is 8.49. The minimum absolute atomic E-state index is 0.129. The van der Waals surface area contributed by atoms with Gasteiger partial charge in [-0.05, 0) is 73.9 Å². The number of hydrogen-bond donors (Lipinski definition) is 2. The van der Waals surface area contributed by atoms with Gasteiger partial charge in [-0.25, -0.2) is 4.98 Å². The van der Waals surface area contributed by atoms with E-state index in [9.17, 15) is 20.2 Å². The van der Waals surface area contributed by atoms with Crippen LogP contribution in [0.2, 0.25) is 0 Å². The van der Waals surface area contributed by atoms with E-state index in [1.54, 1.807) is 30.3 Å². The van der Waals surface area contributed by atoms with Crippen molar-refractivity contribution in [2.75, 3.05) is 18.5 Å². The summed E-state index contributed by atoms with van der Waals surface area (Å²) < 4.78 is 11.4. The van der Waals surface area contributed by atoms with Crippen LogP contribution < -0.4 is 14.8 Å². The Balaban J connectivity index is 1.51. The number of imidazole rings is 1. The van der Waals surface area contributed by atoms with E-state index in [2.05, 4.69) is 21.4 Å². The maximum absolute atomic E-state index is 12.4. The minimum atomic E-state index is -0.537. The van der Waals surface area contributed by atoms with Crippen molar-refractivity contribution in [3.8, 4) is 17.6 Å². The second kappa shape index (κ2) is 11.3. The SMILES string of the molecule is CCOc1cc(/C=C(\C#N)c2nc3cc(C)c(C)cc3[nH]2)ccc1OCC(=O)Nc1cccc([N+](=O)[O-])c1. The molecule has 1 heterocycles. The quantitative estimate of drug-likeness (QED) is 0.170. The maximum atomic E-state index is 12.4. The number of ether oxygens (including phenoxy) is 2. The fourth-order valence-electron chi connectivity index (χ4n) is 3.76. The largest absolute Gasteiger partial charge is 0.490 e. The van der Waals surface area contributed by atoms with Crippen LogP contribution in [-0.4, -0.2) is 34.0 Å². The summed E-state index contributed by atoms with van der Waals surface area (Å²) in [5.41, 5.74) is 5.08. The number of nitriles is 1. The molecule has 3 aromatic carbocycles. The number of nitro groups is 1. The van der Waals surface area contributed by atoms with Gasteiger partial charge in [0.05, 0.1) is 28.1 Å². The van der Waals surface area contributed by atoms with Gasteiger partial charge in [0.1, 0.15) is 11.9 Å². The summed E-state index contributed by atoms with van der Waals surface area (Å²) >= 11 is 0. The van der Waals surface area contributed by atoms with Gasteiger partial charge in [0.2, 0.25) is 0 Å². The first-order valence-corrected chi connectivity index (χ1v) is 11.8. The summed E-state index contributed by atoms with van der Waals surface area (Å²) in [6.45, 7) is 5.88. The van der Waals surface area contributed by atoms with Crippen molar-refractivity contribution in [2.24, 2.45) is 0 Å². The number of fused-ring (bicyclic) bond motifs is 1. The van der Waals surface area contributed by atoms with Gasteiger partial charge in [0.25, 0.3) is 11.6 Å². The first-order valence-electron chi connectivity index (χ1n) is 11.8. The number of nitrogens with one attached hydrogen (secondary N) is 2. The molecule has 0 saturated heterocycles. The lowest BCUT2D eigenvalue weighted by Crippen LogP contribution is -2.20. The third-order valence-electron chi connectivity index (χ3n) is 5.75. The lowest BCUT2D eigenvalue weighted by atomic mass is 10.1. The minimum Gasteiger partial charge on any atom is -0.490 e. The summed E-state index contributed by atoms with van der Waals surface area (Å²) in [4.78, 5) is 30.5. The van der Waals surface area contributed by atoms with E-state index < -0.39 is 10.8 Å². The third-order valence-corrected chi connectivity index (χ3v) is 5.75. The number of allylic oxidation sites excluding steroid dienone is 1. The molecule has 0 aliphatic heterocycles. The fraction of sp³-hybridized carbons (Fsp3) is 0.179. The Hall–Kier alpha value is -5.17. The standard InChI is InChI=1S/C28H25N5O5/c1-4-37-26-13-19(12-20(15-29)28-31-23-10-17(2)18(3)11-24(23)32-28)8-9-25(26)38-16-27(34)30-21-6-5-7-22(14-21)33(35)36/h5-14H,4,16H2,1-3H3,(H,30,34)(H,31,32)/b20-12+. The number of anilines is 1. The van der Waals surface area contributed by atoms with Gasteiger partial charge < -0.3 is 19.8 Å². The van der Waals surface area contributed by atoms with Crippen LogP contribution >= 0.6 is 0 Å². The number of hydrogen-bond acceptors (Lipinski definition) is 7. The molecule has 0 saturated carbocycles. The number of aryl methyl sites for hydroxylation is 2. The van der Waals surface area contributed by atoms with Gasteiger partial charge in [-0.15, -0.1) is 0 Å². The van der Waals surface area contributed by atoms with Crippen LogP contribution in [0.5, 0.6) is 11.5 Å². The van der Waals surface area contributed by atoms with Gasteiger partial charge >= 0.3 is 0 Å². The van der Waals surface area contributed by atoms with Crippen molar-refractivity contribution in [1.29, 1.82) is 5.26 Å². The van der Waals surface area contributed by atoms with E-state index in [1.165, 1.54) is 18.2 Å². The smallest absolute Gasteiger partial charge is 0.271 e. The Morgan fingerprint density at radius 2 is 1.92 bits per heavy atom. The predicted molar refractivity (Wildman–Crippen MR) is 144 cm³/mol. The molecule has 0 bridgehead atoms. The Morgan fingerprint density at radius 3 is 2.66 bits per heavy atom. The Kier molecular flexibility index (Phi) is 7.68. The average Bonchev–Trinajstić information content (AvgIpc) is 3.29. The van der Waals surface area contributed by atoms with Crippen LogP contribution in [0.1, 0.15) is 29.4 Å². The van der Waals surface area contributed by atoms with Crippen molar-refractivity contribution in [3.63, 3.8) is 0 Å². The molecule has 38 heavy (non-hydrogen) atoms. The molecule has 0 radical (unpaired) electrons. The molecular weight excluding hydrogens is 486 g/mol. The lowest BCUT2D eigenvalue weighted by Gasteiger charge is -2.13. The number of H-pyrrole nitrogens is 1. The number of aromatic amines is 1. The Morgan fingerprint density at radius 1 is 1.13 bits per heavy atom. The number of rotatable bonds is 9. The van der Waals surface area contributed by atoms with Crippen LogP contribution in [-0.2, 0) is 4.79 Å². The summed E-state index contributed by atoms with van der Waals surface area (Å²) in [6.07, 6.45) is 1.69. The van der Waals surface area contributed by atoms with Crippen LogP contribution in [0.25, 0.3) is 22.7 Å². The molecule has 4 rings (SSSR count). The molecule has 0 unspecified atom stereocenters. The molecule has 4 aromatic rings. The van der Waals surface area contributed by atoms with Gasteiger partial charge in [-0.3, -0.25) is 14.9 Å². The van der Waals surface area contributed by atoms with E-state index in [0.29, 0.717) is 40.8 Å². The van der Waals surface area contributed by atoms with Gasteiger partial charge in [-0.2, -0.15) is 5.26 Å². The zero-order valence-corrected chi connectivity index (χ0v) is 21.1. The summed E-state index contributed by atoms with van der Waals surface area (Å²) in [5.74, 6) is 0.714. The molecule has 192 valence electrons. The topological polar surface area (TPSA) is 143 Å². The van der Waals surface area contributed by atoms with Gasteiger partial charge in [0, 0.05) is 17.8 Å². The van der Waals surface area contributed by atoms with Crippen molar-refractivity contribution in [1.82, 2.24) is 9.97 Å². The molecule has 1 amide bonds. The highest BCUT2D eigenvalue weighted by Crippen LogP contribution is 2.30. The Labute approximate surface area is 218 Å². The van der Waals surface area contributed by atoms with Crippen molar-refractivity contribution < 1.29 is 19.2 Å². The van der Waals surface area contributed by atoms with E-state index in [0.717, 1.165) is 22.2 Å². The highest BCUT2D eigenvalue weighted by molar-refractivity contribution is 5.92. The number of carbonyl (C=O) groups excluding carboxylic acids is 1. The van der Waals surface area contributed by atoms with Crippen LogP contribution in [0.3, 0.4) is 0 Å². The molecule has 1 aromatic heterocycles. The molecule has 10 heteroatoms. The first kappa shape index (κ1) is 25.9. The summed E-state index contributed by atoms with van der Waals surface area (Å²) in [6, 6.07) is 16.9. The van der Waals surface area contributed by atoms with Crippen molar-refractivity contribution in [2.45, 2.75) is 20.8 Å². The van der Waals surface area contributed by atoms with E-state index in [4.69, 9.17) is 9.47 Å². The molecule has 0 spiro atoms. The van der Waals surface area contributed by atoms with Gasteiger partial charge in [0.15, 0.2) is 18.1 Å². The summed E-state index contributed by atoms with van der Waals surface area (Å²) in [5, 5.41) is 23.3. The third kappa shape index (κ3) is 5.96. The molecule has 0 aliphatic rings. The lowest BCUT2D eigenvalue weighted by molar-refractivity contribution is -0.384. The molecule has 0 atom stereocenters. The number of non-ortho nitro benzene ring substituents is 1. The molecule has 0 aliphatic carbocycles. The highest BCUT2D eigenvalue weighted by atomic mass is 16.6. The first-order chi connectivity index (χ1) is 18.3. The number of nitrogens with zero attached hydrogens (tertiary/aromatic N) is 3. The highest BCUT2D eigenvalue weighted by Gasteiger charge is 2.13. The Bertz CT molecular complexity index is 1560. The number of carbonyl (C=O) groups is 1. The molecule has 2 N–H and O–H groups in total. The molecular formula is C28H25N5O5. The van der Waals surface area contributed by atoms with E-state index in [1.807, 2.05) is 32.9 Å². The van der Waals surface area contributed by atoms with Crippen LogP contribution in [0, 0.1) is 35.3 Å². The normalized spacial score (nSPS) is 11.2. The molecule has 0 fully saturated rings. The number of aromatic nitrogens is 2. The zero-order valence-electron chi connectivity index (χ0n) is 21.1. The zero-order chi connectivity index (χ0) is 27.2. The van der Waals surface area contributed by atoms with Crippen LogP contribution in [0.4, 0.5) is 11.4 Å². The number of nitro benzene ring substituents is 1.